The molecule has 4 aromatic carbocycles. The number of fused-ring (bicyclic) bond motifs is 2. The quantitative estimate of drug-likeness (QED) is 0.0183. The van der Waals surface area contributed by atoms with E-state index in [1.807, 2.05) is 60.7 Å². The first-order valence-corrected chi connectivity index (χ1v) is 24.9. The van der Waals surface area contributed by atoms with Gasteiger partial charge >= 0.3 is 11.9 Å². The predicted molar refractivity (Wildman–Crippen MR) is 273 cm³/mol. The molecule has 6 rings (SSSR count). The molecule has 74 heavy (non-hydrogen) atoms. The molecule has 0 amide bonds. The number of benzene rings is 4. The van der Waals surface area contributed by atoms with Gasteiger partial charge in [-0.15, -0.1) is 0 Å². The average molecular weight is 1030 g/mol. The monoisotopic (exact) mass is 1030 g/mol. The molecule has 0 saturated heterocycles. The Hall–Kier alpha value is -6.92. The van der Waals surface area contributed by atoms with Crippen molar-refractivity contribution in [1.29, 1.82) is 0 Å². The number of unbranched alkanes of at least 4 members (excludes halogenated alkanes) is 3. The molecule has 0 bridgehead atoms. The number of quaternary nitrogens is 2. The third kappa shape index (κ3) is 13.2. The van der Waals surface area contributed by atoms with Crippen molar-refractivity contribution in [2.24, 2.45) is 0 Å². The van der Waals surface area contributed by atoms with Crippen LogP contribution >= 0.6 is 0 Å². The van der Waals surface area contributed by atoms with Crippen LogP contribution in [0.2, 0.25) is 0 Å². The minimum Gasteiger partial charge on any atom is -0.493 e. The van der Waals surface area contributed by atoms with Gasteiger partial charge in [-0.2, -0.15) is 0 Å². The van der Waals surface area contributed by atoms with E-state index in [0.29, 0.717) is 132 Å². The van der Waals surface area contributed by atoms with Gasteiger partial charge in [0.25, 0.3) is 12.9 Å². The van der Waals surface area contributed by atoms with Gasteiger partial charge in [0.1, 0.15) is 25.2 Å². The molecule has 6 atom stereocenters. The van der Waals surface area contributed by atoms with Crippen molar-refractivity contribution in [2.75, 3.05) is 110 Å². The summed E-state index contributed by atoms with van der Waals surface area (Å²) < 4.78 is 68.0. The van der Waals surface area contributed by atoms with Crippen molar-refractivity contribution in [2.45, 2.75) is 75.7 Å². The fourth-order valence-corrected chi connectivity index (χ4v) is 10.5. The van der Waals surface area contributed by atoms with Crippen LogP contribution in [0.4, 0.5) is 0 Å². The molecule has 0 spiro atoms. The third-order valence-corrected chi connectivity index (χ3v) is 14.7. The van der Waals surface area contributed by atoms with Crippen molar-refractivity contribution >= 4 is 24.9 Å². The van der Waals surface area contributed by atoms with Crippen LogP contribution in [0.5, 0.6) is 46.0 Å². The average Bonchev–Trinajstić information content (AvgIpc) is 3.41. The molecule has 402 valence electrons. The zero-order chi connectivity index (χ0) is 53.4. The van der Waals surface area contributed by atoms with Crippen molar-refractivity contribution < 1.29 is 85.0 Å². The van der Waals surface area contributed by atoms with Gasteiger partial charge in [-0.3, -0.25) is 9.59 Å². The summed E-state index contributed by atoms with van der Waals surface area (Å²) in [6, 6.07) is 19.2. The van der Waals surface area contributed by atoms with Crippen LogP contribution in [0.25, 0.3) is 0 Å². The minimum atomic E-state index is -1.16. The first-order valence-electron chi connectivity index (χ1n) is 24.9. The fraction of sp³-hybridized carbons (Fsp3) is 0.500. The molecule has 0 aromatic heterocycles. The largest absolute Gasteiger partial charge is 0.493 e. The Labute approximate surface area is 434 Å². The lowest BCUT2D eigenvalue weighted by molar-refractivity contribution is -0.943. The van der Waals surface area contributed by atoms with Crippen LogP contribution in [0.1, 0.15) is 71.1 Å². The van der Waals surface area contributed by atoms with Crippen molar-refractivity contribution in [3.05, 3.63) is 94.0 Å². The number of esters is 2. The molecule has 0 aliphatic carbocycles. The highest BCUT2D eigenvalue weighted by Crippen LogP contribution is 2.45. The number of carbonyl (C=O) groups is 4. The highest BCUT2D eigenvalue weighted by atomic mass is 16.6. The molecule has 0 fully saturated rings. The Morgan fingerprint density at radius 3 is 1.16 bits per heavy atom. The van der Waals surface area contributed by atoms with Gasteiger partial charge in [0.05, 0.1) is 97.3 Å². The predicted octanol–water partition coefficient (Wildman–Crippen LogP) is 6.76. The summed E-state index contributed by atoms with van der Waals surface area (Å²) in [7, 11) is 16.9. The van der Waals surface area contributed by atoms with Gasteiger partial charge in [0, 0.05) is 36.8 Å². The first kappa shape index (κ1) is 56.4. The van der Waals surface area contributed by atoms with E-state index in [1.54, 1.807) is 56.9 Å². The summed E-state index contributed by atoms with van der Waals surface area (Å²) in [5.41, 5.74) is 6.23. The SMILES string of the molecule is COc1ccc(C[C@@H]2c3cc(OC)c(OC)cc3CC[N+]2(C)C[C@H](OC=O)C(=O)OCCCCCCOC(=O)[C@H](C[N+]2(C)CCc3cc(OC)c(OC)cc3[C@H]2Cc2ccc(OC)c(OC)c2)OC=O)cc1OC. The Balaban J connectivity index is 1.05. The summed E-state index contributed by atoms with van der Waals surface area (Å²) in [5, 5.41) is 0. The van der Waals surface area contributed by atoms with Gasteiger partial charge in [-0.1, -0.05) is 12.1 Å². The molecule has 18 heteroatoms. The summed E-state index contributed by atoms with van der Waals surface area (Å²) in [6.45, 7) is 2.40. The van der Waals surface area contributed by atoms with Crippen LogP contribution in [0.3, 0.4) is 0 Å². The van der Waals surface area contributed by atoms with Gasteiger partial charge in [0.2, 0.25) is 12.2 Å². The van der Waals surface area contributed by atoms with E-state index in [2.05, 4.69) is 14.1 Å². The van der Waals surface area contributed by atoms with Crippen LogP contribution < -0.4 is 37.9 Å². The third-order valence-electron chi connectivity index (χ3n) is 14.7. The van der Waals surface area contributed by atoms with Crippen molar-refractivity contribution in [3.63, 3.8) is 0 Å². The zero-order valence-corrected chi connectivity index (χ0v) is 44.6. The number of hydrogen-bond acceptors (Lipinski definition) is 16. The Morgan fingerprint density at radius 2 is 0.824 bits per heavy atom. The highest BCUT2D eigenvalue weighted by Gasteiger charge is 2.46. The van der Waals surface area contributed by atoms with Crippen LogP contribution in [0.15, 0.2) is 60.7 Å². The first-order chi connectivity index (χ1) is 35.7. The van der Waals surface area contributed by atoms with Gasteiger partial charge in [0.15, 0.2) is 46.0 Å². The van der Waals surface area contributed by atoms with Gasteiger partial charge in [-0.05, 0) is 96.5 Å². The molecule has 4 aromatic rings. The van der Waals surface area contributed by atoms with Crippen molar-refractivity contribution in [1.82, 2.24) is 0 Å². The number of nitrogens with zero attached hydrogens (tertiary/aromatic N) is 2. The Kier molecular flexibility index (Phi) is 20.1. The van der Waals surface area contributed by atoms with E-state index in [9.17, 15) is 19.2 Å². The lowest BCUT2D eigenvalue weighted by Crippen LogP contribution is -2.57. The van der Waals surface area contributed by atoms with E-state index in [4.69, 9.17) is 56.8 Å². The number of rotatable bonds is 29. The molecule has 2 aliphatic heterocycles. The molecule has 2 aliphatic rings. The smallest absolute Gasteiger partial charge is 0.353 e. The maximum Gasteiger partial charge on any atom is 0.353 e. The van der Waals surface area contributed by atoms with E-state index >= 15 is 0 Å². The molecule has 0 saturated carbocycles. The maximum atomic E-state index is 13.7. The normalized spacial score (nSPS) is 19.5. The molecule has 2 heterocycles. The molecule has 18 nitrogen and oxygen atoms in total. The summed E-state index contributed by atoms with van der Waals surface area (Å²) in [4.78, 5) is 51.1. The van der Waals surface area contributed by atoms with Gasteiger partial charge < -0.3 is 65.8 Å². The molecule has 0 radical (unpaired) electrons. The lowest BCUT2D eigenvalue weighted by atomic mass is 9.86. The van der Waals surface area contributed by atoms with E-state index in [0.717, 1.165) is 33.4 Å². The second-order valence-electron chi connectivity index (χ2n) is 19.1. The molecular weight excluding hydrogens is 957 g/mol. The van der Waals surface area contributed by atoms with Crippen molar-refractivity contribution in [3.8, 4) is 46.0 Å². The topological polar surface area (TPSA) is 179 Å². The number of methoxy groups -OCH3 is 8. The number of ether oxygens (including phenoxy) is 12. The van der Waals surface area contributed by atoms with Crippen LogP contribution in [0, 0.1) is 0 Å². The summed E-state index contributed by atoms with van der Waals surface area (Å²) >= 11 is 0. The van der Waals surface area contributed by atoms with Crippen LogP contribution in [-0.2, 0) is 63.8 Å². The molecular formula is C56H74N2O16+2. The molecule has 2 unspecified atom stereocenters. The highest BCUT2D eigenvalue weighted by molar-refractivity contribution is 5.76. The standard InChI is InChI=1S/C56H74N2O16/c1-57(21-19-39-29-49(67-7)51(69-9)31-41(39)43(57)25-37-15-17-45(63-3)47(27-37)65-5)33-53(73-35-59)55(61)71-23-13-11-12-14-24-72-56(62)54(74-36-60)34-58(2)22-20-40-30-50(68-8)52(70-10)32-42(40)44(58)26-38-16-18-46(64-4)48(28-38)66-6/h15-18,27-32,35-36,43-44,53-54H,11-14,19-26,33-34H2,1-10H3/q+2/t43-,44-,53+,54+,57?,58?/m1/s1. The minimum absolute atomic E-state index is 0.105. The summed E-state index contributed by atoms with van der Waals surface area (Å²) in [6.07, 6.45) is 2.55. The fourth-order valence-electron chi connectivity index (χ4n) is 10.5. The number of likely N-dealkylation sites (N-methyl/N-ethyl adjacent to an activating group) is 2. The summed E-state index contributed by atoms with van der Waals surface area (Å²) in [5.74, 6) is 3.58. The Morgan fingerprint density at radius 1 is 0.486 bits per heavy atom. The van der Waals surface area contributed by atoms with E-state index < -0.39 is 24.1 Å². The van der Waals surface area contributed by atoms with E-state index in [1.165, 1.54) is 0 Å². The maximum absolute atomic E-state index is 13.7. The van der Waals surface area contributed by atoms with Crippen LogP contribution in [-0.4, -0.2) is 156 Å². The van der Waals surface area contributed by atoms with Gasteiger partial charge in [-0.25, -0.2) is 9.59 Å². The lowest BCUT2D eigenvalue weighted by Gasteiger charge is -2.46. The second-order valence-corrected chi connectivity index (χ2v) is 19.1. The zero-order valence-electron chi connectivity index (χ0n) is 44.6. The Bertz CT molecular complexity index is 2380. The molecule has 0 N–H and O–H groups in total. The second kappa shape index (κ2) is 26.3. The van der Waals surface area contributed by atoms with E-state index in [-0.39, 0.29) is 38.4 Å². The number of carbonyl (C=O) groups excluding carboxylic acids is 4. The number of hydrogen-bond donors (Lipinski definition) is 0.